The number of ether oxygens (including phenoxy) is 1. The van der Waals surface area contributed by atoms with Gasteiger partial charge < -0.3 is 4.74 Å². The molecule has 2 amide bonds. The first-order valence-corrected chi connectivity index (χ1v) is 9.08. The van der Waals surface area contributed by atoms with Crippen LogP contribution in [0.1, 0.15) is 31.7 Å². The minimum atomic E-state index is -0.977. The molecule has 0 aliphatic heterocycles. The number of hydrogen-bond acceptors (Lipinski definition) is 3. The average Bonchev–Trinajstić information content (AvgIpc) is 2.62. The largest absolute Gasteiger partial charge is 0.478 e. The van der Waals surface area contributed by atoms with Gasteiger partial charge in [-0.05, 0) is 49.6 Å². The van der Waals surface area contributed by atoms with Crippen LogP contribution in [0.4, 0.5) is 4.39 Å². The van der Waals surface area contributed by atoms with E-state index in [0.717, 1.165) is 12.0 Å². The Labute approximate surface area is 161 Å². The van der Waals surface area contributed by atoms with E-state index in [0.29, 0.717) is 17.9 Å². The van der Waals surface area contributed by atoms with Crippen molar-refractivity contribution in [3.05, 3.63) is 64.9 Å². The molecule has 0 bridgehead atoms. The van der Waals surface area contributed by atoms with Gasteiger partial charge >= 0.3 is 0 Å². The number of halogens is 2. The summed E-state index contributed by atoms with van der Waals surface area (Å²) in [5.41, 5.74) is 5.03. The van der Waals surface area contributed by atoms with Gasteiger partial charge in [0.25, 0.3) is 5.91 Å². The van der Waals surface area contributed by atoms with E-state index in [1.807, 2.05) is 12.1 Å². The summed E-state index contributed by atoms with van der Waals surface area (Å²) in [6, 6.07) is 13.0. The molecule has 1 fully saturated rings. The molecule has 1 saturated carbocycles. The molecule has 1 aliphatic rings. The molecular formula is C20H20ClFN2O3. The lowest BCUT2D eigenvalue weighted by atomic mass is 9.64. The number of amides is 2. The maximum Gasteiger partial charge on any atom is 0.279 e. The summed E-state index contributed by atoms with van der Waals surface area (Å²) in [4.78, 5) is 24.9. The van der Waals surface area contributed by atoms with Crippen LogP contribution in [0.5, 0.6) is 5.75 Å². The van der Waals surface area contributed by atoms with Crippen molar-refractivity contribution in [3.63, 3.8) is 0 Å². The fourth-order valence-corrected chi connectivity index (χ4v) is 3.20. The van der Waals surface area contributed by atoms with Crippen LogP contribution >= 0.6 is 11.6 Å². The van der Waals surface area contributed by atoms with E-state index in [4.69, 9.17) is 16.3 Å². The summed E-state index contributed by atoms with van der Waals surface area (Å²) in [6.07, 6.45) is 1.33. The Morgan fingerprint density at radius 3 is 2.37 bits per heavy atom. The molecule has 5 nitrogen and oxygen atoms in total. The fraction of sp³-hybridized carbons (Fsp3) is 0.300. The lowest BCUT2D eigenvalue weighted by Crippen LogP contribution is -2.56. The number of carbonyl (C=O) groups is 2. The van der Waals surface area contributed by atoms with Crippen LogP contribution in [0.2, 0.25) is 5.02 Å². The predicted molar refractivity (Wildman–Crippen MR) is 99.8 cm³/mol. The van der Waals surface area contributed by atoms with Crippen LogP contribution in [0, 0.1) is 5.82 Å². The quantitative estimate of drug-likeness (QED) is 0.768. The van der Waals surface area contributed by atoms with Crippen molar-refractivity contribution in [1.82, 2.24) is 10.9 Å². The Morgan fingerprint density at radius 2 is 1.78 bits per heavy atom. The number of nitrogens with one attached hydrogen (secondary N) is 2. The van der Waals surface area contributed by atoms with Crippen molar-refractivity contribution in [1.29, 1.82) is 0 Å². The van der Waals surface area contributed by atoms with E-state index in [1.54, 1.807) is 18.2 Å². The minimum absolute atomic E-state index is 0.0249. The molecule has 2 N–H and O–H groups in total. The van der Waals surface area contributed by atoms with Crippen LogP contribution in [0.15, 0.2) is 48.5 Å². The number of hydrogen-bond donors (Lipinski definition) is 2. The highest BCUT2D eigenvalue weighted by Crippen LogP contribution is 2.44. The topological polar surface area (TPSA) is 67.4 Å². The van der Waals surface area contributed by atoms with Crippen molar-refractivity contribution >= 4 is 23.4 Å². The second-order valence-corrected chi connectivity index (χ2v) is 7.01. The second-order valence-electron chi connectivity index (χ2n) is 6.58. The van der Waals surface area contributed by atoms with E-state index in [9.17, 15) is 14.0 Å². The molecule has 142 valence electrons. The minimum Gasteiger partial charge on any atom is -0.478 e. The molecule has 0 heterocycles. The Bertz CT molecular complexity index is 837. The van der Waals surface area contributed by atoms with Gasteiger partial charge in [-0.1, -0.05) is 42.3 Å². The molecule has 0 saturated heterocycles. The van der Waals surface area contributed by atoms with Crippen LogP contribution in [0.25, 0.3) is 0 Å². The first-order chi connectivity index (χ1) is 12.9. The van der Waals surface area contributed by atoms with Gasteiger partial charge in [0, 0.05) is 5.02 Å². The number of rotatable bonds is 5. The number of benzene rings is 2. The molecule has 0 radical (unpaired) electrons. The van der Waals surface area contributed by atoms with Crippen LogP contribution in [-0.4, -0.2) is 17.9 Å². The zero-order chi connectivity index (χ0) is 19.4. The lowest BCUT2D eigenvalue weighted by molar-refractivity contribution is -0.137. The summed E-state index contributed by atoms with van der Waals surface area (Å²) >= 11 is 5.92. The highest BCUT2D eigenvalue weighted by atomic mass is 35.5. The van der Waals surface area contributed by atoms with E-state index in [1.165, 1.54) is 25.1 Å². The third-order valence-corrected chi connectivity index (χ3v) is 5.10. The fourth-order valence-electron chi connectivity index (χ4n) is 3.07. The Balaban J connectivity index is 1.60. The van der Waals surface area contributed by atoms with Gasteiger partial charge in [0.1, 0.15) is 0 Å². The van der Waals surface area contributed by atoms with Crippen molar-refractivity contribution < 1.29 is 18.7 Å². The van der Waals surface area contributed by atoms with E-state index < -0.39 is 23.2 Å². The van der Waals surface area contributed by atoms with Gasteiger partial charge in [-0.15, -0.1) is 0 Å². The van der Waals surface area contributed by atoms with Crippen molar-refractivity contribution in [2.24, 2.45) is 0 Å². The van der Waals surface area contributed by atoms with Gasteiger partial charge in [0.15, 0.2) is 17.7 Å². The normalized spacial score (nSPS) is 16.0. The predicted octanol–water partition coefficient (Wildman–Crippen LogP) is 3.52. The van der Waals surface area contributed by atoms with Crippen LogP contribution in [-0.2, 0) is 15.0 Å². The van der Waals surface area contributed by atoms with E-state index in [-0.39, 0.29) is 11.7 Å². The van der Waals surface area contributed by atoms with Crippen LogP contribution in [0.3, 0.4) is 0 Å². The third-order valence-electron chi connectivity index (χ3n) is 4.85. The summed E-state index contributed by atoms with van der Waals surface area (Å²) < 4.78 is 18.9. The Morgan fingerprint density at radius 1 is 1.11 bits per heavy atom. The summed E-state index contributed by atoms with van der Waals surface area (Å²) in [7, 11) is 0. The third kappa shape index (κ3) is 4.06. The average molecular weight is 391 g/mol. The summed E-state index contributed by atoms with van der Waals surface area (Å²) in [5.74, 6) is -1.44. The molecule has 27 heavy (non-hydrogen) atoms. The molecule has 1 atom stereocenters. The highest BCUT2D eigenvalue weighted by molar-refractivity contribution is 6.30. The number of hydrazine groups is 1. The van der Waals surface area contributed by atoms with Gasteiger partial charge in [0.05, 0.1) is 5.41 Å². The van der Waals surface area contributed by atoms with Gasteiger partial charge in [-0.2, -0.15) is 0 Å². The summed E-state index contributed by atoms with van der Waals surface area (Å²) in [6.45, 7) is 1.48. The smallest absolute Gasteiger partial charge is 0.279 e. The molecule has 2 aromatic rings. The van der Waals surface area contributed by atoms with Crippen molar-refractivity contribution in [2.45, 2.75) is 37.7 Å². The second kappa shape index (κ2) is 7.96. The summed E-state index contributed by atoms with van der Waals surface area (Å²) in [5, 5.41) is 0.598. The zero-order valence-corrected chi connectivity index (χ0v) is 15.6. The number of para-hydroxylation sites is 1. The van der Waals surface area contributed by atoms with Crippen molar-refractivity contribution in [2.75, 3.05) is 0 Å². The van der Waals surface area contributed by atoms with Crippen LogP contribution < -0.4 is 15.6 Å². The molecule has 0 aromatic heterocycles. The van der Waals surface area contributed by atoms with Crippen molar-refractivity contribution in [3.8, 4) is 5.75 Å². The molecule has 1 aliphatic carbocycles. The van der Waals surface area contributed by atoms with Gasteiger partial charge in [-0.3, -0.25) is 20.4 Å². The Kier molecular flexibility index (Phi) is 5.65. The zero-order valence-electron chi connectivity index (χ0n) is 14.8. The molecule has 1 unspecified atom stereocenters. The standard InChI is InChI=1S/C20H20ClFN2O3/c1-13(27-17-6-3-2-5-16(17)22)18(25)23-24-19(26)20(11-4-12-20)14-7-9-15(21)10-8-14/h2-3,5-10,13H,4,11-12H2,1H3,(H,23,25)(H,24,26). The SMILES string of the molecule is CC(Oc1ccccc1F)C(=O)NNC(=O)C1(c2ccc(Cl)cc2)CCC1. The molecular weight excluding hydrogens is 371 g/mol. The van der Waals surface area contributed by atoms with E-state index in [2.05, 4.69) is 10.9 Å². The maximum atomic E-state index is 13.6. The molecule has 3 rings (SSSR count). The highest BCUT2D eigenvalue weighted by Gasteiger charge is 2.45. The van der Waals surface area contributed by atoms with Gasteiger partial charge in [0.2, 0.25) is 5.91 Å². The number of carbonyl (C=O) groups excluding carboxylic acids is 2. The van der Waals surface area contributed by atoms with E-state index >= 15 is 0 Å². The monoisotopic (exact) mass is 390 g/mol. The molecule has 2 aromatic carbocycles. The first kappa shape index (κ1) is 19.2. The maximum absolute atomic E-state index is 13.6. The first-order valence-electron chi connectivity index (χ1n) is 8.70. The molecule has 0 spiro atoms. The molecule has 7 heteroatoms. The Hall–Kier alpha value is -2.60. The van der Waals surface area contributed by atoms with Gasteiger partial charge in [-0.25, -0.2) is 4.39 Å². The lowest BCUT2D eigenvalue weighted by Gasteiger charge is -2.40.